The van der Waals surface area contributed by atoms with E-state index < -0.39 is 0 Å². The van der Waals surface area contributed by atoms with E-state index in [1.807, 2.05) is 30.3 Å². The minimum atomic E-state index is 0.301. The van der Waals surface area contributed by atoms with Crippen LogP contribution in [-0.2, 0) is 0 Å². The molecule has 1 aromatic carbocycles. The van der Waals surface area contributed by atoms with Crippen LogP contribution in [0.15, 0.2) is 36.5 Å². The number of nitrogens with zero attached hydrogens (tertiary/aromatic N) is 5. The van der Waals surface area contributed by atoms with E-state index in [2.05, 4.69) is 25.4 Å². The first-order chi connectivity index (χ1) is 9.34. The number of benzene rings is 1. The molecule has 92 valence electrons. The first kappa shape index (κ1) is 10.5. The molecule has 0 aliphatic rings. The molecule has 0 bridgehead atoms. The van der Waals surface area contributed by atoms with Crippen LogP contribution < -0.4 is 0 Å². The van der Waals surface area contributed by atoms with Gasteiger partial charge in [-0.3, -0.25) is 5.10 Å². The standard InChI is InChI=1S/C12H7ClN6/c13-12-15-9-8(6-14-16-9)11-18-17-10(19(11)12)7-4-2-1-3-5-7/h1-6H,(H,14,16). The molecule has 0 amide bonds. The Labute approximate surface area is 112 Å². The smallest absolute Gasteiger partial charge is 0.212 e. The second-order valence-electron chi connectivity index (χ2n) is 4.06. The van der Waals surface area contributed by atoms with Gasteiger partial charge in [0.1, 0.15) is 0 Å². The fourth-order valence-electron chi connectivity index (χ4n) is 2.08. The highest BCUT2D eigenvalue weighted by atomic mass is 35.5. The lowest BCUT2D eigenvalue weighted by atomic mass is 10.2. The van der Waals surface area contributed by atoms with E-state index in [-0.39, 0.29) is 0 Å². The second-order valence-corrected chi connectivity index (χ2v) is 4.40. The van der Waals surface area contributed by atoms with Gasteiger partial charge in [-0.05, 0) is 11.6 Å². The Morgan fingerprint density at radius 1 is 1.11 bits per heavy atom. The third-order valence-electron chi connectivity index (χ3n) is 2.94. The van der Waals surface area contributed by atoms with Crippen molar-refractivity contribution >= 4 is 28.3 Å². The van der Waals surface area contributed by atoms with Gasteiger partial charge in [0, 0.05) is 5.56 Å². The van der Waals surface area contributed by atoms with Crippen molar-refractivity contribution in [3.05, 3.63) is 41.8 Å². The van der Waals surface area contributed by atoms with E-state index >= 15 is 0 Å². The van der Waals surface area contributed by atoms with Crippen LogP contribution in [0.1, 0.15) is 0 Å². The van der Waals surface area contributed by atoms with Gasteiger partial charge in [-0.15, -0.1) is 10.2 Å². The Bertz CT molecular complexity index is 879. The van der Waals surface area contributed by atoms with Gasteiger partial charge in [-0.25, -0.2) is 4.40 Å². The molecule has 0 atom stereocenters. The van der Waals surface area contributed by atoms with Crippen molar-refractivity contribution < 1.29 is 0 Å². The Balaban J connectivity index is 2.14. The molecule has 4 rings (SSSR count). The largest absolute Gasteiger partial charge is 0.261 e. The van der Waals surface area contributed by atoms with Crippen LogP contribution in [-0.4, -0.2) is 29.8 Å². The van der Waals surface area contributed by atoms with Crippen LogP contribution in [0.5, 0.6) is 0 Å². The molecule has 0 aliphatic carbocycles. The molecule has 0 aliphatic heterocycles. The minimum Gasteiger partial charge on any atom is -0.261 e. The van der Waals surface area contributed by atoms with Gasteiger partial charge in [0.15, 0.2) is 17.1 Å². The summed E-state index contributed by atoms with van der Waals surface area (Å²) < 4.78 is 1.72. The zero-order valence-corrected chi connectivity index (χ0v) is 10.3. The van der Waals surface area contributed by atoms with Gasteiger partial charge in [-0.2, -0.15) is 10.1 Å². The van der Waals surface area contributed by atoms with E-state index in [1.165, 1.54) is 0 Å². The van der Waals surface area contributed by atoms with Crippen molar-refractivity contribution in [2.45, 2.75) is 0 Å². The van der Waals surface area contributed by atoms with E-state index in [4.69, 9.17) is 11.6 Å². The molecule has 0 saturated carbocycles. The van der Waals surface area contributed by atoms with E-state index in [9.17, 15) is 0 Å². The van der Waals surface area contributed by atoms with E-state index in [0.29, 0.717) is 22.4 Å². The number of halogens is 1. The normalized spacial score (nSPS) is 11.4. The molecule has 0 saturated heterocycles. The van der Waals surface area contributed by atoms with Crippen molar-refractivity contribution in [3.63, 3.8) is 0 Å². The highest BCUT2D eigenvalue weighted by Crippen LogP contribution is 2.25. The monoisotopic (exact) mass is 270 g/mol. The SMILES string of the molecule is Clc1nc2[nH]ncc2c2nnc(-c3ccccc3)n12. The number of hydrogen-bond acceptors (Lipinski definition) is 4. The van der Waals surface area contributed by atoms with Gasteiger partial charge >= 0.3 is 0 Å². The Morgan fingerprint density at radius 2 is 1.95 bits per heavy atom. The van der Waals surface area contributed by atoms with Crippen molar-refractivity contribution in [1.29, 1.82) is 0 Å². The fourth-order valence-corrected chi connectivity index (χ4v) is 2.32. The lowest BCUT2D eigenvalue weighted by Crippen LogP contribution is -1.95. The van der Waals surface area contributed by atoms with Gasteiger partial charge in [0.2, 0.25) is 5.28 Å². The van der Waals surface area contributed by atoms with Crippen molar-refractivity contribution in [2.75, 3.05) is 0 Å². The molecule has 7 heteroatoms. The summed E-state index contributed by atoms with van der Waals surface area (Å²) in [4.78, 5) is 4.25. The summed E-state index contributed by atoms with van der Waals surface area (Å²) in [7, 11) is 0. The third-order valence-corrected chi connectivity index (χ3v) is 3.20. The number of hydrogen-bond donors (Lipinski definition) is 1. The maximum atomic E-state index is 6.21. The molecule has 0 radical (unpaired) electrons. The van der Waals surface area contributed by atoms with E-state index in [0.717, 1.165) is 10.9 Å². The van der Waals surface area contributed by atoms with Gasteiger partial charge in [0.25, 0.3) is 0 Å². The summed E-state index contributed by atoms with van der Waals surface area (Å²) in [6.45, 7) is 0. The predicted molar refractivity (Wildman–Crippen MR) is 70.9 cm³/mol. The number of aromatic amines is 1. The number of H-pyrrole nitrogens is 1. The molecule has 0 fully saturated rings. The van der Waals surface area contributed by atoms with Gasteiger partial charge in [-0.1, -0.05) is 30.3 Å². The lowest BCUT2D eigenvalue weighted by molar-refractivity contribution is 1.06. The summed E-state index contributed by atoms with van der Waals surface area (Å²) in [6.07, 6.45) is 1.66. The molecule has 0 unspecified atom stereocenters. The van der Waals surface area contributed by atoms with Crippen LogP contribution in [0.2, 0.25) is 5.28 Å². The maximum absolute atomic E-state index is 6.21. The number of fused-ring (bicyclic) bond motifs is 3. The second kappa shape index (κ2) is 3.76. The lowest BCUT2D eigenvalue weighted by Gasteiger charge is -2.01. The minimum absolute atomic E-state index is 0.301. The third kappa shape index (κ3) is 1.43. The predicted octanol–water partition coefficient (Wildman–Crippen LogP) is 2.32. The Kier molecular flexibility index (Phi) is 2.07. The first-order valence-electron chi connectivity index (χ1n) is 5.64. The van der Waals surface area contributed by atoms with Crippen molar-refractivity contribution in [2.24, 2.45) is 0 Å². The van der Waals surface area contributed by atoms with Gasteiger partial charge in [0.05, 0.1) is 11.6 Å². The molecule has 3 aromatic heterocycles. The molecule has 3 heterocycles. The van der Waals surface area contributed by atoms with E-state index in [1.54, 1.807) is 10.6 Å². The molecule has 1 N–H and O–H groups in total. The fraction of sp³-hybridized carbons (Fsp3) is 0. The summed E-state index contributed by atoms with van der Waals surface area (Å²) in [5.74, 6) is 0.663. The van der Waals surface area contributed by atoms with Gasteiger partial charge < -0.3 is 0 Å². The van der Waals surface area contributed by atoms with Crippen LogP contribution in [0, 0.1) is 0 Å². The topological polar surface area (TPSA) is 71.8 Å². The highest BCUT2D eigenvalue weighted by molar-refractivity contribution is 6.29. The molecule has 6 nitrogen and oxygen atoms in total. The molecule has 0 spiro atoms. The Morgan fingerprint density at radius 3 is 2.79 bits per heavy atom. The quantitative estimate of drug-likeness (QED) is 0.539. The van der Waals surface area contributed by atoms with Crippen LogP contribution in [0.25, 0.3) is 28.1 Å². The van der Waals surface area contributed by atoms with Crippen molar-refractivity contribution in [1.82, 2.24) is 29.8 Å². The zero-order valence-electron chi connectivity index (χ0n) is 9.58. The zero-order chi connectivity index (χ0) is 12.8. The molecular weight excluding hydrogens is 264 g/mol. The van der Waals surface area contributed by atoms with Crippen molar-refractivity contribution in [3.8, 4) is 11.4 Å². The molecule has 19 heavy (non-hydrogen) atoms. The summed E-state index contributed by atoms with van der Waals surface area (Å²) >= 11 is 6.21. The Hall–Kier alpha value is -2.47. The summed E-state index contributed by atoms with van der Waals surface area (Å²) in [5, 5.41) is 16.2. The number of nitrogens with one attached hydrogen (secondary N) is 1. The first-order valence-corrected chi connectivity index (χ1v) is 6.01. The number of rotatable bonds is 1. The summed E-state index contributed by atoms with van der Waals surface area (Å²) in [6, 6.07) is 9.72. The summed E-state index contributed by atoms with van der Waals surface area (Å²) in [5.41, 5.74) is 2.17. The molecule has 4 aromatic rings. The average molecular weight is 271 g/mol. The number of aromatic nitrogens is 6. The van der Waals surface area contributed by atoms with Crippen LogP contribution in [0.4, 0.5) is 0 Å². The average Bonchev–Trinajstić information content (AvgIpc) is 3.05. The molecular formula is C12H7ClN6. The van der Waals surface area contributed by atoms with Crippen LogP contribution in [0.3, 0.4) is 0 Å². The van der Waals surface area contributed by atoms with Crippen LogP contribution >= 0.6 is 11.6 Å². The maximum Gasteiger partial charge on any atom is 0.212 e. The highest BCUT2D eigenvalue weighted by Gasteiger charge is 2.15.